The van der Waals surface area contributed by atoms with Crippen molar-refractivity contribution in [3.05, 3.63) is 29.3 Å². The number of nitrogens with zero attached hydrogens (tertiary/aromatic N) is 2. The van der Waals surface area contributed by atoms with E-state index in [1.54, 1.807) is 7.11 Å². The van der Waals surface area contributed by atoms with E-state index >= 15 is 0 Å². The first kappa shape index (κ1) is 16.8. The molecule has 0 radical (unpaired) electrons. The number of nitrogens with one attached hydrogen (secondary N) is 1. The summed E-state index contributed by atoms with van der Waals surface area (Å²) < 4.78 is 5.21. The van der Waals surface area contributed by atoms with Gasteiger partial charge < -0.3 is 15.0 Å². The maximum absolute atomic E-state index is 12.1. The molecule has 1 saturated heterocycles. The molecule has 1 aliphatic rings. The van der Waals surface area contributed by atoms with E-state index in [1.165, 1.54) is 11.9 Å². The lowest BCUT2D eigenvalue weighted by Crippen LogP contribution is -2.41. The Balaban J connectivity index is 1.98. The van der Waals surface area contributed by atoms with Crippen LogP contribution < -0.4 is 10.1 Å². The average molecular weight is 319 g/mol. The van der Waals surface area contributed by atoms with Gasteiger partial charge in [0.15, 0.2) is 0 Å². The monoisotopic (exact) mass is 319 g/mol. The first-order valence-corrected chi connectivity index (χ1v) is 7.33. The molecular formula is C16H21N3O4. The highest BCUT2D eigenvalue weighted by molar-refractivity contribution is 6.04. The third kappa shape index (κ3) is 3.61. The molecule has 0 aromatic heterocycles. The Morgan fingerprint density at radius 1 is 1.39 bits per heavy atom. The van der Waals surface area contributed by atoms with Gasteiger partial charge in [-0.2, -0.15) is 0 Å². The van der Waals surface area contributed by atoms with Gasteiger partial charge in [0, 0.05) is 7.05 Å². The van der Waals surface area contributed by atoms with Crippen molar-refractivity contribution in [2.75, 3.05) is 27.2 Å². The summed E-state index contributed by atoms with van der Waals surface area (Å²) in [7, 11) is 3.13. The average Bonchev–Trinajstić information content (AvgIpc) is 2.73. The van der Waals surface area contributed by atoms with Crippen molar-refractivity contribution < 1.29 is 19.1 Å². The third-order valence-corrected chi connectivity index (χ3v) is 3.83. The van der Waals surface area contributed by atoms with Gasteiger partial charge in [-0.05, 0) is 31.0 Å². The second kappa shape index (κ2) is 6.68. The van der Waals surface area contributed by atoms with Gasteiger partial charge in [-0.15, -0.1) is 0 Å². The minimum Gasteiger partial charge on any atom is -0.496 e. The van der Waals surface area contributed by atoms with Gasteiger partial charge >= 0.3 is 6.03 Å². The van der Waals surface area contributed by atoms with Crippen LogP contribution in [-0.2, 0) is 9.59 Å². The standard InChI is InChI=1S/C16H21N3O4/c1-10-7-12(5-6-13(10)23-4)11(2)17-14(20)8-19-15(21)9-18(3)16(19)22/h5-7,11H,8-9H2,1-4H3,(H,17,20). The zero-order chi connectivity index (χ0) is 17.1. The number of methoxy groups -OCH3 is 1. The molecule has 4 amide bonds. The summed E-state index contributed by atoms with van der Waals surface area (Å²) in [6, 6.07) is 4.96. The van der Waals surface area contributed by atoms with E-state index in [9.17, 15) is 14.4 Å². The third-order valence-electron chi connectivity index (χ3n) is 3.83. The Hall–Kier alpha value is -2.57. The van der Waals surface area contributed by atoms with Crippen LogP contribution >= 0.6 is 0 Å². The summed E-state index contributed by atoms with van der Waals surface area (Å²) in [6.45, 7) is 3.52. The van der Waals surface area contributed by atoms with Gasteiger partial charge in [-0.3, -0.25) is 14.5 Å². The van der Waals surface area contributed by atoms with Crippen LogP contribution in [0, 0.1) is 6.92 Å². The van der Waals surface area contributed by atoms with Crippen molar-refractivity contribution in [1.82, 2.24) is 15.1 Å². The van der Waals surface area contributed by atoms with Crippen LogP contribution in [0.3, 0.4) is 0 Å². The van der Waals surface area contributed by atoms with Crippen LogP contribution in [0.1, 0.15) is 24.1 Å². The molecule has 7 heteroatoms. The lowest BCUT2D eigenvalue weighted by Gasteiger charge is -2.18. The number of hydrogen-bond acceptors (Lipinski definition) is 4. The van der Waals surface area contributed by atoms with Crippen LogP contribution in [-0.4, -0.2) is 54.9 Å². The number of urea groups is 1. The molecule has 0 saturated carbocycles. The second-order valence-corrected chi connectivity index (χ2v) is 5.64. The highest BCUT2D eigenvalue weighted by atomic mass is 16.5. The fourth-order valence-electron chi connectivity index (χ4n) is 2.51. The molecule has 1 N–H and O–H groups in total. The zero-order valence-corrected chi connectivity index (χ0v) is 13.8. The summed E-state index contributed by atoms with van der Waals surface area (Å²) in [5, 5.41) is 2.80. The SMILES string of the molecule is COc1ccc(C(C)NC(=O)CN2C(=O)CN(C)C2=O)cc1C. The summed E-state index contributed by atoms with van der Waals surface area (Å²) in [4.78, 5) is 37.8. The molecule has 0 aliphatic carbocycles. The molecule has 1 fully saturated rings. The molecule has 0 spiro atoms. The Morgan fingerprint density at radius 3 is 2.61 bits per heavy atom. The number of imide groups is 1. The number of rotatable bonds is 5. The normalized spacial score (nSPS) is 15.8. The van der Waals surface area contributed by atoms with E-state index in [4.69, 9.17) is 4.74 Å². The minimum atomic E-state index is -0.446. The predicted molar refractivity (Wildman–Crippen MR) is 84.0 cm³/mol. The smallest absolute Gasteiger partial charge is 0.327 e. The molecule has 0 bridgehead atoms. The summed E-state index contributed by atoms with van der Waals surface area (Å²) in [5.41, 5.74) is 1.89. The number of carbonyl (C=O) groups excluding carboxylic acids is 3. The van der Waals surface area contributed by atoms with Crippen molar-refractivity contribution in [3.8, 4) is 5.75 Å². The number of benzene rings is 1. The first-order chi connectivity index (χ1) is 10.8. The number of ether oxygens (including phenoxy) is 1. The molecule has 1 atom stereocenters. The van der Waals surface area contributed by atoms with Crippen molar-refractivity contribution in [1.29, 1.82) is 0 Å². The number of likely N-dealkylation sites (N-methyl/N-ethyl adjacent to an activating group) is 1. The number of hydrogen-bond donors (Lipinski definition) is 1. The lowest BCUT2D eigenvalue weighted by atomic mass is 10.0. The van der Waals surface area contributed by atoms with Gasteiger partial charge in [0.25, 0.3) is 5.91 Å². The summed E-state index contributed by atoms with van der Waals surface area (Å²) in [6.07, 6.45) is 0. The van der Waals surface area contributed by atoms with E-state index in [-0.39, 0.29) is 30.9 Å². The van der Waals surface area contributed by atoms with E-state index in [2.05, 4.69) is 5.32 Å². The lowest BCUT2D eigenvalue weighted by molar-refractivity contribution is -0.131. The maximum atomic E-state index is 12.1. The molecule has 1 heterocycles. The van der Waals surface area contributed by atoms with Crippen LogP contribution in [0.4, 0.5) is 4.79 Å². The van der Waals surface area contributed by atoms with E-state index in [0.717, 1.165) is 21.8 Å². The van der Waals surface area contributed by atoms with Crippen LogP contribution in [0.5, 0.6) is 5.75 Å². The summed E-state index contributed by atoms with van der Waals surface area (Å²) >= 11 is 0. The van der Waals surface area contributed by atoms with Gasteiger partial charge in [0.1, 0.15) is 18.8 Å². The molecule has 1 unspecified atom stereocenters. The molecule has 2 rings (SSSR count). The van der Waals surface area contributed by atoms with Crippen LogP contribution in [0.25, 0.3) is 0 Å². The number of carbonyl (C=O) groups is 3. The van der Waals surface area contributed by atoms with Gasteiger partial charge in [-0.1, -0.05) is 12.1 Å². The minimum absolute atomic E-state index is 0.0132. The molecular weight excluding hydrogens is 298 g/mol. The molecule has 7 nitrogen and oxygen atoms in total. The molecule has 1 aromatic rings. The topological polar surface area (TPSA) is 79.0 Å². The summed E-state index contributed by atoms with van der Waals surface area (Å²) in [5.74, 6) is 0.0483. The fraction of sp³-hybridized carbons (Fsp3) is 0.438. The second-order valence-electron chi connectivity index (χ2n) is 5.64. The molecule has 124 valence electrons. The van der Waals surface area contributed by atoms with Gasteiger partial charge in [0.05, 0.1) is 13.2 Å². The van der Waals surface area contributed by atoms with Crippen molar-refractivity contribution in [2.45, 2.75) is 19.9 Å². The highest BCUT2D eigenvalue weighted by Gasteiger charge is 2.34. The number of aryl methyl sites for hydroxylation is 1. The van der Waals surface area contributed by atoms with E-state index in [1.807, 2.05) is 32.0 Å². The van der Waals surface area contributed by atoms with Gasteiger partial charge in [-0.25, -0.2) is 4.79 Å². The van der Waals surface area contributed by atoms with E-state index in [0.29, 0.717) is 0 Å². The maximum Gasteiger partial charge on any atom is 0.327 e. The van der Waals surface area contributed by atoms with Crippen molar-refractivity contribution in [3.63, 3.8) is 0 Å². The largest absolute Gasteiger partial charge is 0.496 e. The molecule has 1 aromatic carbocycles. The van der Waals surface area contributed by atoms with Crippen LogP contribution in [0.2, 0.25) is 0 Å². The first-order valence-electron chi connectivity index (χ1n) is 7.33. The highest BCUT2D eigenvalue weighted by Crippen LogP contribution is 2.22. The Bertz CT molecular complexity index is 644. The number of amides is 4. The fourth-order valence-corrected chi connectivity index (χ4v) is 2.51. The van der Waals surface area contributed by atoms with Crippen LogP contribution in [0.15, 0.2) is 18.2 Å². The Labute approximate surface area is 135 Å². The zero-order valence-electron chi connectivity index (χ0n) is 13.8. The predicted octanol–water partition coefficient (Wildman–Crippen LogP) is 1.07. The molecule has 1 aliphatic heterocycles. The Morgan fingerprint density at radius 2 is 2.09 bits per heavy atom. The van der Waals surface area contributed by atoms with Gasteiger partial charge in [0.2, 0.25) is 5.91 Å². The molecule has 23 heavy (non-hydrogen) atoms. The van der Waals surface area contributed by atoms with Crippen molar-refractivity contribution in [2.24, 2.45) is 0 Å². The van der Waals surface area contributed by atoms with Crippen molar-refractivity contribution >= 4 is 17.8 Å². The van der Waals surface area contributed by atoms with E-state index < -0.39 is 6.03 Å². The quantitative estimate of drug-likeness (QED) is 0.824. The Kier molecular flexibility index (Phi) is 4.88.